The molecule has 0 saturated carbocycles. The zero-order valence-electron chi connectivity index (χ0n) is 20.3. The third kappa shape index (κ3) is 6.63. The highest BCUT2D eigenvalue weighted by Crippen LogP contribution is 2.33. The number of hydrogen-bond donors (Lipinski definition) is 1. The summed E-state index contributed by atoms with van der Waals surface area (Å²) in [5, 5.41) is 15.2. The largest absolute Gasteiger partial charge is 0.468 e. The van der Waals surface area contributed by atoms with Crippen LogP contribution in [-0.2, 0) is 24.4 Å². The van der Waals surface area contributed by atoms with Gasteiger partial charge in [0.1, 0.15) is 23.8 Å². The van der Waals surface area contributed by atoms with Gasteiger partial charge in [-0.1, -0.05) is 35.5 Å². The second kappa shape index (κ2) is 12.4. The number of hydrogen-bond acceptors (Lipinski definition) is 8. The molecule has 4 rings (SSSR count). The maximum absolute atomic E-state index is 10.8. The molecule has 1 atom stereocenters. The van der Waals surface area contributed by atoms with Gasteiger partial charge in [-0.3, -0.25) is 4.90 Å². The number of benzene rings is 1. The fraction of sp³-hybridized carbons (Fsp3) is 0.370. The zero-order chi connectivity index (χ0) is 24.5. The Bertz CT molecular complexity index is 1110. The average molecular weight is 480 g/mol. The van der Waals surface area contributed by atoms with Gasteiger partial charge in [0.25, 0.3) is 0 Å². The lowest BCUT2D eigenvalue weighted by Crippen LogP contribution is -2.35. The Morgan fingerprint density at radius 3 is 2.29 bits per heavy atom. The lowest BCUT2D eigenvalue weighted by atomic mass is 10.1. The van der Waals surface area contributed by atoms with Crippen LogP contribution in [0, 0.1) is 0 Å². The highest BCUT2D eigenvalue weighted by atomic mass is 16.5. The summed E-state index contributed by atoms with van der Waals surface area (Å²) in [6.07, 6.45) is 2.57. The van der Waals surface area contributed by atoms with Crippen molar-refractivity contribution in [2.75, 3.05) is 31.1 Å². The molecule has 0 unspecified atom stereocenters. The summed E-state index contributed by atoms with van der Waals surface area (Å²) in [5.74, 6) is 2.29. The molecule has 1 N–H and O–H groups in total. The molecule has 1 aromatic carbocycles. The van der Waals surface area contributed by atoms with Crippen LogP contribution in [0.3, 0.4) is 0 Å². The topological polar surface area (TPSA) is 88.3 Å². The number of ether oxygens (including phenoxy) is 1. The van der Waals surface area contributed by atoms with E-state index in [0.29, 0.717) is 26.2 Å². The van der Waals surface area contributed by atoms with E-state index in [0.717, 1.165) is 47.3 Å². The van der Waals surface area contributed by atoms with Gasteiger partial charge >= 0.3 is 0 Å². The Labute approximate surface area is 205 Å². The van der Waals surface area contributed by atoms with E-state index in [9.17, 15) is 5.11 Å². The molecule has 0 fully saturated rings. The van der Waals surface area contributed by atoms with E-state index in [1.54, 1.807) is 12.5 Å². The number of furan rings is 2. The quantitative estimate of drug-likeness (QED) is 0.272. The number of aliphatic hydroxyl groups is 1. The van der Waals surface area contributed by atoms with E-state index in [1.165, 1.54) is 0 Å². The minimum Gasteiger partial charge on any atom is -0.468 e. The molecule has 0 aliphatic carbocycles. The Balaban J connectivity index is 1.54. The van der Waals surface area contributed by atoms with Crippen molar-refractivity contribution in [2.45, 2.75) is 39.6 Å². The van der Waals surface area contributed by atoms with E-state index in [2.05, 4.69) is 28.8 Å². The smallest absolute Gasteiger partial charge is 0.232 e. The fourth-order valence-corrected chi connectivity index (χ4v) is 4.10. The second-order valence-corrected chi connectivity index (χ2v) is 8.35. The Hall–Kier alpha value is -3.33. The molecule has 0 bridgehead atoms. The van der Waals surface area contributed by atoms with Gasteiger partial charge < -0.3 is 28.1 Å². The second-order valence-electron chi connectivity index (χ2n) is 8.35. The van der Waals surface area contributed by atoms with Gasteiger partial charge in [0.15, 0.2) is 0 Å². The summed E-state index contributed by atoms with van der Waals surface area (Å²) >= 11 is 0. The molecule has 35 heavy (non-hydrogen) atoms. The van der Waals surface area contributed by atoms with Crippen molar-refractivity contribution in [3.05, 3.63) is 84.2 Å². The van der Waals surface area contributed by atoms with Crippen LogP contribution in [0.2, 0.25) is 0 Å². The van der Waals surface area contributed by atoms with Crippen molar-refractivity contribution < 1.29 is 23.2 Å². The zero-order valence-corrected chi connectivity index (χ0v) is 20.3. The van der Waals surface area contributed by atoms with Crippen LogP contribution in [0.4, 0.5) is 5.88 Å². The maximum atomic E-state index is 10.8. The summed E-state index contributed by atoms with van der Waals surface area (Å²) < 4.78 is 22.4. The lowest BCUT2D eigenvalue weighted by molar-refractivity contribution is 0.00164. The molecule has 3 aromatic heterocycles. The number of anilines is 1. The van der Waals surface area contributed by atoms with Crippen LogP contribution in [0.25, 0.3) is 11.3 Å². The lowest BCUT2D eigenvalue weighted by Gasteiger charge is -2.26. The van der Waals surface area contributed by atoms with Gasteiger partial charge in [-0.05, 0) is 38.1 Å². The van der Waals surface area contributed by atoms with Gasteiger partial charge in [-0.2, -0.15) is 0 Å². The monoisotopic (exact) mass is 479 g/mol. The SMILES string of the molecule is CCN(CC)c1onc(-c2ccccc2)c1CN(Cc1ccco1)C[C@@H](O)COCc1ccco1. The van der Waals surface area contributed by atoms with Crippen LogP contribution in [0.15, 0.2) is 80.5 Å². The van der Waals surface area contributed by atoms with Crippen molar-refractivity contribution in [1.82, 2.24) is 10.1 Å². The fourth-order valence-electron chi connectivity index (χ4n) is 4.10. The molecule has 0 amide bonds. The first kappa shape index (κ1) is 24.8. The van der Waals surface area contributed by atoms with E-state index in [1.807, 2.05) is 54.6 Å². The Morgan fingerprint density at radius 2 is 1.63 bits per heavy atom. The first-order valence-corrected chi connectivity index (χ1v) is 12.0. The van der Waals surface area contributed by atoms with E-state index >= 15 is 0 Å². The highest BCUT2D eigenvalue weighted by molar-refractivity contribution is 5.68. The third-order valence-electron chi connectivity index (χ3n) is 5.81. The van der Waals surface area contributed by atoms with Gasteiger partial charge in [-0.25, -0.2) is 0 Å². The first-order chi connectivity index (χ1) is 17.2. The number of aliphatic hydroxyl groups excluding tert-OH is 1. The van der Waals surface area contributed by atoms with Crippen LogP contribution >= 0.6 is 0 Å². The Morgan fingerprint density at radius 1 is 0.914 bits per heavy atom. The third-order valence-corrected chi connectivity index (χ3v) is 5.81. The first-order valence-electron chi connectivity index (χ1n) is 12.0. The number of aromatic nitrogens is 1. The molecular weight excluding hydrogens is 446 g/mol. The van der Waals surface area contributed by atoms with Crippen LogP contribution in [-0.4, -0.2) is 47.5 Å². The summed E-state index contributed by atoms with van der Waals surface area (Å²) in [6.45, 7) is 7.73. The van der Waals surface area contributed by atoms with E-state index in [4.69, 9.17) is 18.1 Å². The van der Waals surface area contributed by atoms with Crippen LogP contribution in [0.1, 0.15) is 30.9 Å². The van der Waals surface area contributed by atoms with Crippen molar-refractivity contribution in [1.29, 1.82) is 0 Å². The normalized spacial score (nSPS) is 12.3. The molecular formula is C27H33N3O5. The van der Waals surface area contributed by atoms with E-state index < -0.39 is 6.10 Å². The number of rotatable bonds is 14. The van der Waals surface area contributed by atoms with Crippen molar-refractivity contribution >= 4 is 5.88 Å². The molecule has 0 saturated heterocycles. The Kier molecular flexibility index (Phi) is 8.78. The molecule has 0 radical (unpaired) electrons. The maximum Gasteiger partial charge on any atom is 0.232 e. The van der Waals surface area contributed by atoms with E-state index in [-0.39, 0.29) is 6.61 Å². The molecule has 8 nitrogen and oxygen atoms in total. The van der Waals surface area contributed by atoms with Gasteiger partial charge in [0, 0.05) is 31.7 Å². The van der Waals surface area contributed by atoms with Crippen molar-refractivity contribution in [3.8, 4) is 11.3 Å². The standard InChI is InChI=1S/C27H33N3O5/c1-3-30(4-2)27-25(26(28-35-27)21-10-6-5-7-11-21)18-29(17-23-12-8-14-33-23)16-22(31)19-32-20-24-13-9-15-34-24/h5-15,22,31H,3-4,16-20H2,1-2H3/t22-/m1/s1. The molecule has 0 spiro atoms. The summed E-state index contributed by atoms with van der Waals surface area (Å²) in [4.78, 5) is 4.29. The average Bonchev–Trinajstić information content (AvgIpc) is 3.64. The molecule has 4 aromatic rings. The number of nitrogens with zero attached hydrogens (tertiary/aromatic N) is 3. The summed E-state index contributed by atoms with van der Waals surface area (Å²) in [6, 6.07) is 17.5. The van der Waals surface area contributed by atoms with Crippen molar-refractivity contribution in [2.24, 2.45) is 0 Å². The minimum atomic E-state index is -0.697. The summed E-state index contributed by atoms with van der Waals surface area (Å²) in [5.41, 5.74) is 2.78. The molecule has 0 aliphatic heterocycles. The molecule has 0 aliphatic rings. The predicted molar refractivity (Wildman–Crippen MR) is 133 cm³/mol. The summed E-state index contributed by atoms with van der Waals surface area (Å²) in [7, 11) is 0. The molecule has 8 heteroatoms. The van der Waals surface area contributed by atoms with Crippen LogP contribution in [0.5, 0.6) is 0 Å². The van der Waals surface area contributed by atoms with Gasteiger partial charge in [0.05, 0.1) is 37.3 Å². The van der Waals surface area contributed by atoms with Crippen LogP contribution < -0.4 is 4.90 Å². The minimum absolute atomic E-state index is 0.188. The molecule has 186 valence electrons. The molecule has 3 heterocycles. The van der Waals surface area contributed by atoms with Gasteiger partial charge in [-0.15, -0.1) is 0 Å². The van der Waals surface area contributed by atoms with Crippen molar-refractivity contribution in [3.63, 3.8) is 0 Å². The van der Waals surface area contributed by atoms with Gasteiger partial charge in [0.2, 0.25) is 5.88 Å². The predicted octanol–water partition coefficient (Wildman–Crippen LogP) is 4.95. The highest BCUT2D eigenvalue weighted by Gasteiger charge is 2.25.